The van der Waals surface area contributed by atoms with Crippen molar-refractivity contribution in [2.45, 2.75) is 77.7 Å². The second-order valence-corrected chi connectivity index (χ2v) is 6.48. The van der Waals surface area contributed by atoms with Crippen LogP contribution >= 0.6 is 0 Å². The van der Waals surface area contributed by atoms with Gasteiger partial charge in [-0.1, -0.05) is 82.9 Å². The maximum absolute atomic E-state index is 5.68. The van der Waals surface area contributed by atoms with E-state index in [4.69, 9.17) is 4.74 Å². The van der Waals surface area contributed by atoms with E-state index in [0.717, 1.165) is 18.8 Å². The molecule has 2 heteroatoms. The zero-order chi connectivity index (χ0) is 15.5. The van der Waals surface area contributed by atoms with Gasteiger partial charge in [0.05, 0.1) is 0 Å². The third-order valence-corrected chi connectivity index (χ3v) is 4.47. The zero-order valence-electron chi connectivity index (χ0n) is 14.2. The van der Waals surface area contributed by atoms with Crippen molar-refractivity contribution in [2.75, 3.05) is 6.54 Å². The summed E-state index contributed by atoms with van der Waals surface area (Å²) in [6, 6.07) is 8.33. The Kier molecular flexibility index (Phi) is 8.40. The number of hydrogen-bond donors (Lipinski definition) is 0. The van der Waals surface area contributed by atoms with Gasteiger partial charge in [0, 0.05) is 18.7 Å². The fourth-order valence-corrected chi connectivity index (χ4v) is 3.07. The summed E-state index contributed by atoms with van der Waals surface area (Å²) in [5, 5.41) is 0. The summed E-state index contributed by atoms with van der Waals surface area (Å²) in [6.07, 6.45) is 13.9. The molecule has 0 amide bonds. The van der Waals surface area contributed by atoms with Crippen LogP contribution in [0, 0.1) is 6.73 Å². The molecule has 0 unspecified atom stereocenters. The van der Waals surface area contributed by atoms with Gasteiger partial charge in [-0.2, -0.15) is 0 Å². The van der Waals surface area contributed by atoms with Gasteiger partial charge >= 0.3 is 0 Å². The second-order valence-electron chi connectivity index (χ2n) is 6.48. The Balaban J connectivity index is 1.45. The fraction of sp³-hybridized carbons (Fsp3) is 0.650. The van der Waals surface area contributed by atoms with Gasteiger partial charge in [-0.05, 0) is 12.5 Å². The van der Waals surface area contributed by atoms with E-state index in [9.17, 15) is 0 Å². The number of fused-ring (bicyclic) bond motifs is 1. The second kappa shape index (κ2) is 10.7. The lowest BCUT2D eigenvalue weighted by atomic mass is 10.1. The highest BCUT2D eigenvalue weighted by Gasteiger charge is 2.16. The highest BCUT2D eigenvalue weighted by atomic mass is 16.5. The Hall–Kier alpha value is -1.02. The van der Waals surface area contributed by atoms with Crippen LogP contribution in [0.4, 0.5) is 0 Å². The first-order valence-electron chi connectivity index (χ1n) is 9.22. The van der Waals surface area contributed by atoms with Gasteiger partial charge in [0.15, 0.2) is 0 Å². The molecule has 1 heterocycles. The Morgan fingerprint density at radius 3 is 2.23 bits per heavy atom. The lowest BCUT2D eigenvalue weighted by Gasteiger charge is -2.27. The van der Waals surface area contributed by atoms with Crippen LogP contribution in [0.1, 0.15) is 76.7 Å². The summed E-state index contributed by atoms with van der Waals surface area (Å²) in [6.45, 7) is 6.29. The van der Waals surface area contributed by atoms with E-state index in [0.29, 0.717) is 0 Å². The summed E-state index contributed by atoms with van der Waals surface area (Å²) in [5.41, 5.74) is 1.30. The van der Waals surface area contributed by atoms with Crippen LogP contribution < -0.4 is 4.74 Å². The van der Waals surface area contributed by atoms with E-state index in [2.05, 4.69) is 24.0 Å². The highest BCUT2D eigenvalue weighted by Crippen LogP contribution is 2.26. The molecule has 0 aromatic heterocycles. The molecule has 0 N–H and O–H groups in total. The van der Waals surface area contributed by atoms with Crippen molar-refractivity contribution in [1.82, 2.24) is 4.90 Å². The molecule has 0 saturated carbocycles. The maximum Gasteiger partial charge on any atom is 0.204 e. The molecule has 1 aromatic rings. The smallest absolute Gasteiger partial charge is 0.204 e. The molecular formula is C20H32NO. The molecule has 2 nitrogen and oxygen atoms in total. The van der Waals surface area contributed by atoms with Crippen molar-refractivity contribution in [3.8, 4) is 5.75 Å². The van der Waals surface area contributed by atoms with Crippen molar-refractivity contribution in [1.29, 1.82) is 0 Å². The molecule has 0 spiro atoms. The molecule has 0 fully saturated rings. The molecule has 0 bridgehead atoms. The molecule has 0 aliphatic carbocycles. The van der Waals surface area contributed by atoms with Gasteiger partial charge in [-0.15, -0.1) is 0 Å². The van der Waals surface area contributed by atoms with E-state index in [1.165, 1.54) is 69.8 Å². The number of nitrogens with zero attached hydrogens (tertiary/aromatic N) is 1. The van der Waals surface area contributed by atoms with Crippen molar-refractivity contribution in [3.05, 3.63) is 36.6 Å². The van der Waals surface area contributed by atoms with E-state index in [1.807, 2.05) is 18.9 Å². The lowest BCUT2D eigenvalue weighted by Crippen LogP contribution is -2.28. The SMILES string of the molecule is CCCCCCCCCCCCN1[CH]Oc2ccccc2C1. The Morgan fingerprint density at radius 2 is 1.50 bits per heavy atom. The minimum absolute atomic E-state index is 0.994. The summed E-state index contributed by atoms with van der Waals surface area (Å²) in [5.74, 6) is 1.02. The minimum atomic E-state index is 0.994. The Labute approximate surface area is 136 Å². The first-order valence-corrected chi connectivity index (χ1v) is 9.22. The topological polar surface area (TPSA) is 12.5 Å². The number of benzene rings is 1. The quantitative estimate of drug-likeness (QED) is 0.470. The van der Waals surface area contributed by atoms with E-state index in [-0.39, 0.29) is 0 Å². The zero-order valence-corrected chi connectivity index (χ0v) is 14.2. The first kappa shape index (κ1) is 17.3. The van der Waals surface area contributed by atoms with E-state index >= 15 is 0 Å². The van der Waals surface area contributed by atoms with Gasteiger partial charge < -0.3 is 4.74 Å². The summed E-state index contributed by atoms with van der Waals surface area (Å²) < 4.78 is 5.68. The predicted octanol–water partition coefficient (Wildman–Crippen LogP) is 5.92. The number of unbranched alkanes of at least 4 members (excludes halogenated alkanes) is 9. The molecule has 1 aliphatic heterocycles. The van der Waals surface area contributed by atoms with Crippen LogP contribution in [0.3, 0.4) is 0 Å². The van der Waals surface area contributed by atoms with Crippen LogP contribution in [0.15, 0.2) is 24.3 Å². The molecule has 1 aromatic carbocycles. The van der Waals surface area contributed by atoms with Gasteiger partial charge in [-0.25, -0.2) is 0 Å². The normalized spacial score (nSPS) is 14.6. The largest absolute Gasteiger partial charge is 0.469 e. The summed E-state index contributed by atoms with van der Waals surface area (Å²) >= 11 is 0. The monoisotopic (exact) mass is 302 g/mol. The summed E-state index contributed by atoms with van der Waals surface area (Å²) in [4.78, 5) is 2.30. The molecule has 123 valence electrons. The van der Waals surface area contributed by atoms with Crippen molar-refractivity contribution in [3.63, 3.8) is 0 Å². The number of para-hydroxylation sites is 1. The van der Waals surface area contributed by atoms with Gasteiger partial charge in [0.2, 0.25) is 6.73 Å². The van der Waals surface area contributed by atoms with Gasteiger partial charge in [-0.3, -0.25) is 4.90 Å². The molecule has 1 aliphatic rings. The minimum Gasteiger partial charge on any atom is -0.469 e. The van der Waals surface area contributed by atoms with Crippen LogP contribution in [0.5, 0.6) is 5.75 Å². The fourth-order valence-electron chi connectivity index (χ4n) is 3.07. The van der Waals surface area contributed by atoms with Crippen LogP contribution in [0.2, 0.25) is 0 Å². The molecular weight excluding hydrogens is 270 g/mol. The van der Waals surface area contributed by atoms with Crippen molar-refractivity contribution < 1.29 is 4.74 Å². The molecule has 0 atom stereocenters. The first-order chi connectivity index (χ1) is 10.9. The number of hydrogen-bond acceptors (Lipinski definition) is 2. The van der Waals surface area contributed by atoms with E-state index in [1.54, 1.807) is 0 Å². The third kappa shape index (κ3) is 6.39. The van der Waals surface area contributed by atoms with Gasteiger partial charge in [0.25, 0.3) is 0 Å². The average Bonchev–Trinajstić information content (AvgIpc) is 2.56. The van der Waals surface area contributed by atoms with E-state index < -0.39 is 0 Å². The summed E-state index contributed by atoms with van der Waals surface area (Å²) in [7, 11) is 0. The van der Waals surface area contributed by atoms with Crippen molar-refractivity contribution >= 4 is 0 Å². The van der Waals surface area contributed by atoms with Gasteiger partial charge in [0.1, 0.15) is 5.75 Å². The molecule has 22 heavy (non-hydrogen) atoms. The van der Waals surface area contributed by atoms with Crippen molar-refractivity contribution in [2.24, 2.45) is 0 Å². The van der Waals surface area contributed by atoms with Crippen LogP contribution in [-0.4, -0.2) is 11.4 Å². The van der Waals surface area contributed by atoms with Crippen LogP contribution in [0.25, 0.3) is 0 Å². The van der Waals surface area contributed by atoms with Crippen LogP contribution in [-0.2, 0) is 6.54 Å². The Morgan fingerprint density at radius 1 is 0.864 bits per heavy atom. The number of ether oxygens (including phenoxy) is 1. The highest BCUT2D eigenvalue weighted by molar-refractivity contribution is 5.34. The number of rotatable bonds is 11. The Bertz CT molecular complexity index is 404. The molecule has 2 rings (SSSR count). The lowest BCUT2D eigenvalue weighted by molar-refractivity contribution is 0.166. The maximum atomic E-state index is 5.68. The molecule has 1 radical (unpaired) electrons. The third-order valence-electron chi connectivity index (χ3n) is 4.47. The predicted molar refractivity (Wildman–Crippen MR) is 93.6 cm³/mol. The molecule has 0 saturated heterocycles. The standard InChI is InChI=1S/C20H32NO/c1-2-3-4-5-6-7-8-9-10-13-16-21-17-19-14-11-12-15-20(19)22-18-21/h11-12,14-15,18H,2-10,13,16-17H2,1H3. The average molecular weight is 302 g/mol.